The largest absolute Gasteiger partial charge is 0.390 e. The number of piperazine rings is 1. The normalized spacial score (nSPS) is 20.1. The van der Waals surface area contributed by atoms with E-state index in [-0.39, 0.29) is 0 Å². The van der Waals surface area contributed by atoms with Crippen LogP contribution in [0.4, 0.5) is 0 Å². The SMILES string of the molecule is CC(C)CCN1CCN(CCC(C)(C)O)CC1. The Balaban J connectivity index is 2.13. The lowest BCUT2D eigenvalue weighted by Crippen LogP contribution is -2.47. The maximum Gasteiger partial charge on any atom is 0.0603 e. The standard InChI is InChI=1S/C14H30N2O/c1-13(2)5-7-15-9-11-16(12-10-15)8-6-14(3,4)17/h13,17H,5-12H2,1-4H3. The molecule has 0 aromatic heterocycles. The van der Waals surface area contributed by atoms with E-state index in [1.54, 1.807) is 0 Å². The van der Waals surface area contributed by atoms with Crippen LogP contribution in [0, 0.1) is 5.92 Å². The van der Waals surface area contributed by atoms with E-state index in [9.17, 15) is 5.11 Å². The van der Waals surface area contributed by atoms with Gasteiger partial charge < -0.3 is 14.9 Å². The Kier molecular flexibility index (Phi) is 5.90. The minimum Gasteiger partial charge on any atom is -0.390 e. The van der Waals surface area contributed by atoms with E-state index in [0.717, 1.165) is 32.0 Å². The maximum absolute atomic E-state index is 9.71. The number of nitrogens with zero attached hydrogens (tertiary/aromatic N) is 2. The summed E-state index contributed by atoms with van der Waals surface area (Å²) in [6.07, 6.45) is 2.18. The molecule has 0 atom stereocenters. The molecule has 0 saturated carbocycles. The Morgan fingerprint density at radius 3 is 1.88 bits per heavy atom. The van der Waals surface area contributed by atoms with E-state index in [2.05, 4.69) is 23.6 Å². The molecule has 1 rings (SSSR count). The predicted molar refractivity (Wildman–Crippen MR) is 73.2 cm³/mol. The summed E-state index contributed by atoms with van der Waals surface area (Å²) < 4.78 is 0. The van der Waals surface area contributed by atoms with Gasteiger partial charge in [0.1, 0.15) is 0 Å². The van der Waals surface area contributed by atoms with E-state index < -0.39 is 5.60 Å². The van der Waals surface area contributed by atoms with E-state index >= 15 is 0 Å². The molecular formula is C14H30N2O. The second-order valence-electron chi connectivity index (χ2n) is 6.43. The zero-order valence-corrected chi connectivity index (χ0v) is 12.1. The molecule has 0 aromatic carbocycles. The number of hydrogen-bond donors (Lipinski definition) is 1. The molecule has 0 spiro atoms. The van der Waals surface area contributed by atoms with Crippen molar-refractivity contribution in [2.75, 3.05) is 39.3 Å². The lowest BCUT2D eigenvalue weighted by Gasteiger charge is -2.36. The van der Waals surface area contributed by atoms with Gasteiger partial charge in [-0.05, 0) is 39.2 Å². The first-order chi connectivity index (χ1) is 7.87. The Hall–Kier alpha value is -0.120. The van der Waals surface area contributed by atoms with Crippen LogP contribution in [0.2, 0.25) is 0 Å². The fourth-order valence-corrected chi connectivity index (χ4v) is 2.11. The van der Waals surface area contributed by atoms with Gasteiger partial charge in [-0.1, -0.05) is 13.8 Å². The third-order valence-electron chi connectivity index (χ3n) is 3.53. The maximum atomic E-state index is 9.71. The van der Waals surface area contributed by atoms with Gasteiger partial charge in [0.25, 0.3) is 0 Å². The predicted octanol–water partition coefficient (Wildman–Crippen LogP) is 1.81. The molecular weight excluding hydrogens is 212 g/mol. The van der Waals surface area contributed by atoms with Crippen molar-refractivity contribution in [3.05, 3.63) is 0 Å². The molecule has 1 aliphatic rings. The molecule has 102 valence electrons. The monoisotopic (exact) mass is 242 g/mol. The van der Waals surface area contributed by atoms with Crippen LogP contribution in [0.25, 0.3) is 0 Å². The van der Waals surface area contributed by atoms with Crippen LogP contribution in [0.5, 0.6) is 0 Å². The van der Waals surface area contributed by atoms with Crippen LogP contribution in [-0.2, 0) is 0 Å². The van der Waals surface area contributed by atoms with Crippen LogP contribution in [0.1, 0.15) is 40.5 Å². The Bertz CT molecular complexity index is 203. The van der Waals surface area contributed by atoms with Crippen molar-refractivity contribution in [3.63, 3.8) is 0 Å². The smallest absolute Gasteiger partial charge is 0.0603 e. The quantitative estimate of drug-likeness (QED) is 0.769. The van der Waals surface area contributed by atoms with Crippen LogP contribution >= 0.6 is 0 Å². The highest BCUT2D eigenvalue weighted by molar-refractivity contribution is 4.75. The molecule has 1 heterocycles. The van der Waals surface area contributed by atoms with Gasteiger partial charge in [0.2, 0.25) is 0 Å². The van der Waals surface area contributed by atoms with Crippen molar-refractivity contribution in [1.82, 2.24) is 9.80 Å². The highest BCUT2D eigenvalue weighted by Crippen LogP contribution is 2.11. The molecule has 0 amide bonds. The van der Waals surface area contributed by atoms with Crippen LogP contribution in [-0.4, -0.2) is 59.8 Å². The molecule has 3 nitrogen and oxygen atoms in total. The van der Waals surface area contributed by atoms with Crippen LogP contribution in [0.3, 0.4) is 0 Å². The average Bonchev–Trinajstić information content (AvgIpc) is 2.24. The van der Waals surface area contributed by atoms with Gasteiger partial charge in [-0.15, -0.1) is 0 Å². The molecule has 0 aromatic rings. The van der Waals surface area contributed by atoms with Gasteiger partial charge in [-0.2, -0.15) is 0 Å². The van der Waals surface area contributed by atoms with Gasteiger partial charge in [0, 0.05) is 32.7 Å². The summed E-state index contributed by atoms with van der Waals surface area (Å²) in [5.41, 5.74) is -0.519. The van der Waals surface area contributed by atoms with E-state index in [1.807, 2.05) is 13.8 Å². The molecule has 0 unspecified atom stereocenters. The third kappa shape index (κ3) is 7.02. The minimum atomic E-state index is -0.519. The van der Waals surface area contributed by atoms with Crippen LogP contribution in [0.15, 0.2) is 0 Å². The van der Waals surface area contributed by atoms with Gasteiger partial charge in [0.05, 0.1) is 5.60 Å². The molecule has 0 aliphatic carbocycles. The highest BCUT2D eigenvalue weighted by atomic mass is 16.3. The second-order valence-corrected chi connectivity index (χ2v) is 6.43. The van der Waals surface area contributed by atoms with Gasteiger partial charge >= 0.3 is 0 Å². The van der Waals surface area contributed by atoms with E-state index in [0.29, 0.717) is 0 Å². The summed E-state index contributed by atoms with van der Waals surface area (Å²) in [5.74, 6) is 0.809. The summed E-state index contributed by atoms with van der Waals surface area (Å²) in [6, 6.07) is 0. The molecule has 1 aliphatic heterocycles. The molecule has 0 bridgehead atoms. The van der Waals surface area contributed by atoms with Crippen molar-refractivity contribution in [2.24, 2.45) is 5.92 Å². The van der Waals surface area contributed by atoms with Crippen molar-refractivity contribution in [1.29, 1.82) is 0 Å². The summed E-state index contributed by atoms with van der Waals surface area (Å²) >= 11 is 0. The first-order valence-corrected chi connectivity index (χ1v) is 7.04. The molecule has 1 N–H and O–H groups in total. The highest BCUT2D eigenvalue weighted by Gasteiger charge is 2.19. The van der Waals surface area contributed by atoms with Crippen molar-refractivity contribution >= 4 is 0 Å². The Labute approximate surface area is 107 Å². The summed E-state index contributed by atoms with van der Waals surface area (Å²) in [7, 11) is 0. The van der Waals surface area contributed by atoms with Gasteiger partial charge in [-0.3, -0.25) is 0 Å². The van der Waals surface area contributed by atoms with E-state index in [4.69, 9.17) is 0 Å². The molecule has 1 saturated heterocycles. The fraction of sp³-hybridized carbons (Fsp3) is 1.00. The molecule has 17 heavy (non-hydrogen) atoms. The second kappa shape index (κ2) is 6.72. The van der Waals surface area contributed by atoms with Crippen LogP contribution < -0.4 is 0 Å². The van der Waals surface area contributed by atoms with E-state index in [1.165, 1.54) is 26.1 Å². The van der Waals surface area contributed by atoms with Gasteiger partial charge in [0.15, 0.2) is 0 Å². The lowest BCUT2D eigenvalue weighted by atomic mass is 10.1. The third-order valence-corrected chi connectivity index (χ3v) is 3.53. The van der Waals surface area contributed by atoms with Crippen molar-refractivity contribution < 1.29 is 5.11 Å². The van der Waals surface area contributed by atoms with Crippen molar-refractivity contribution in [3.8, 4) is 0 Å². The summed E-state index contributed by atoms with van der Waals surface area (Å²) in [5, 5.41) is 9.71. The van der Waals surface area contributed by atoms with Gasteiger partial charge in [-0.25, -0.2) is 0 Å². The number of rotatable bonds is 6. The first-order valence-electron chi connectivity index (χ1n) is 7.04. The van der Waals surface area contributed by atoms with Crippen molar-refractivity contribution in [2.45, 2.75) is 46.1 Å². The fourth-order valence-electron chi connectivity index (χ4n) is 2.11. The molecule has 0 radical (unpaired) electrons. The zero-order chi connectivity index (χ0) is 12.9. The lowest BCUT2D eigenvalue weighted by molar-refractivity contribution is 0.0471. The molecule has 3 heteroatoms. The minimum absolute atomic E-state index is 0.519. The first kappa shape index (κ1) is 14.9. The number of aliphatic hydroxyl groups is 1. The summed E-state index contributed by atoms with van der Waals surface area (Å²) in [6.45, 7) is 15.4. The Morgan fingerprint density at radius 2 is 1.47 bits per heavy atom. The molecule has 1 fully saturated rings. The zero-order valence-electron chi connectivity index (χ0n) is 12.1. The topological polar surface area (TPSA) is 26.7 Å². The Morgan fingerprint density at radius 1 is 1.00 bits per heavy atom. The average molecular weight is 242 g/mol. The number of hydrogen-bond acceptors (Lipinski definition) is 3. The summed E-state index contributed by atoms with van der Waals surface area (Å²) in [4.78, 5) is 5.05.